The van der Waals surface area contributed by atoms with Crippen molar-refractivity contribution in [3.63, 3.8) is 0 Å². The summed E-state index contributed by atoms with van der Waals surface area (Å²) in [4.78, 5) is 60.2. The number of nitrogens with one attached hydrogen (secondary N) is 1. The van der Waals surface area contributed by atoms with E-state index >= 15 is 4.39 Å². The maximum atomic E-state index is 15.6. The van der Waals surface area contributed by atoms with Gasteiger partial charge in [0.2, 0.25) is 6.29 Å². The Morgan fingerprint density at radius 1 is 0.864 bits per heavy atom. The van der Waals surface area contributed by atoms with Gasteiger partial charge in [-0.15, -0.1) is 0 Å². The van der Waals surface area contributed by atoms with Crippen molar-refractivity contribution in [2.24, 2.45) is 0 Å². The fourth-order valence-corrected chi connectivity index (χ4v) is 5.51. The zero-order valence-corrected chi connectivity index (χ0v) is 26.1. The Morgan fingerprint density at radius 2 is 1.41 bits per heavy atom. The number of halogens is 1. The Balaban J connectivity index is 2.62. The van der Waals surface area contributed by atoms with Gasteiger partial charge in [-0.1, -0.05) is 18.2 Å². The summed E-state index contributed by atoms with van der Waals surface area (Å²) in [6.45, 7) is 7.56. The highest BCUT2D eigenvalue weighted by molar-refractivity contribution is 7.52. The van der Waals surface area contributed by atoms with Crippen LogP contribution >= 0.6 is 7.75 Å². The topological polar surface area (TPSA) is 188 Å². The van der Waals surface area contributed by atoms with Crippen LogP contribution in [-0.2, 0) is 61.5 Å². The van der Waals surface area contributed by atoms with E-state index < -0.39 is 93.2 Å². The molecule has 0 aromatic heterocycles. The number of alkyl halides is 1. The first-order valence-corrected chi connectivity index (χ1v) is 15.0. The second kappa shape index (κ2) is 16.5. The molecule has 0 saturated carbocycles. The van der Waals surface area contributed by atoms with Gasteiger partial charge in [-0.05, 0) is 32.9 Å². The highest BCUT2D eigenvalue weighted by Crippen LogP contribution is 2.48. The molecule has 2 rings (SSSR count). The van der Waals surface area contributed by atoms with Crippen molar-refractivity contribution >= 4 is 37.6 Å². The van der Waals surface area contributed by atoms with Gasteiger partial charge in [-0.2, -0.15) is 5.09 Å². The second-order valence-electron chi connectivity index (χ2n) is 9.85. The van der Waals surface area contributed by atoms with E-state index in [4.69, 9.17) is 37.5 Å². The lowest BCUT2D eigenvalue weighted by Crippen LogP contribution is -2.64. The SMILES string of the molecule is CC(=O)OC[C@H](F)[C@H]1O[C@@H](O[P@@](=O)(N[C@@H](C)C(=O)OC(C)C)Oc2ccccc2)[C@@H](OC(C)=O)[C@@H](OC(C)=O)[C@@H]1OC(C)=O. The van der Waals surface area contributed by atoms with Crippen molar-refractivity contribution in [3.8, 4) is 5.75 Å². The number of hydrogen-bond donors (Lipinski definition) is 1. The summed E-state index contributed by atoms with van der Waals surface area (Å²) in [7, 11) is -4.76. The molecule has 0 radical (unpaired) electrons. The molecule has 17 heteroatoms. The normalized spacial score (nSPS) is 24.2. The third-order valence-electron chi connectivity index (χ3n) is 5.51. The first-order valence-electron chi connectivity index (χ1n) is 13.5. The zero-order chi connectivity index (χ0) is 33.2. The number of rotatable bonds is 14. The third-order valence-corrected chi connectivity index (χ3v) is 7.15. The Hall–Kier alpha value is -3.59. The summed E-state index contributed by atoms with van der Waals surface area (Å²) >= 11 is 0. The van der Waals surface area contributed by atoms with E-state index in [0.29, 0.717) is 0 Å². The molecule has 44 heavy (non-hydrogen) atoms. The van der Waals surface area contributed by atoms with E-state index in [-0.39, 0.29) is 5.75 Å². The van der Waals surface area contributed by atoms with Gasteiger partial charge in [0.1, 0.15) is 24.5 Å². The molecule has 246 valence electrons. The first-order chi connectivity index (χ1) is 20.5. The average molecular weight is 650 g/mol. The summed E-state index contributed by atoms with van der Waals surface area (Å²) in [6.07, 6.45) is -12.1. The maximum absolute atomic E-state index is 15.6. The summed E-state index contributed by atoms with van der Waals surface area (Å²) in [5.41, 5.74) is 0. The Bertz CT molecular complexity index is 1210. The monoisotopic (exact) mass is 649 g/mol. The second-order valence-corrected chi connectivity index (χ2v) is 11.5. The van der Waals surface area contributed by atoms with Crippen LogP contribution in [0.5, 0.6) is 5.75 Å². The summed E-state index contributed by atoms with van der Waals surface area (Å²) in [6, 6.07) is 6.26. The molecule has 1 aromatic rings. The largest absolute Gasteiger partial charge is 0.463 e. The zero-order valence-electron chi connectivity index (χ0n) is 25.3. The molecule has 1 saturated heterocycles. The lowest BCUT2D eigenvalue weighted by molar-refractivity contribution is -0.295. The van der Waals surface area contributed by atoms with E-state index in [1.807, 2.05) is 0 Å². The molecule has 0 bridgehead atoms. The van der Waals surface area contributed by atoms with E-state index in [2.05, 4.69) is 5.09 Å². The molecule has 0 aliphatic carbocycles. The van der Waals surface area contributed by atoms with Crippen molar-refractivity contribution in [1.29, 1.82) is 0 Å². The lowest BCUT2D eigenvalue weighted by atomic mass is 9.95. The molecule has 0 spiro atoms. The van der Waals surface area contributed by atoms with Gasteiger partial charge in [0.05, 0.1) is 6.10 Å². The quantitative estimate of drug-likeness (QED) is 0.176. The number of esters is 5. The molecule has 1 fully saturated rings. The van der Waals surface area contributed by atoms with Crippen LogP contribution in [0.25, 0.3) is 0 Å². The van der Waals surface area contributed by atoms with Crippen molar-refractivity contribution < 1.29 is 70.4 Å². The third kappa shape index (κ3) is 11.5. The number of para-hydroxylation sites is 1. The van der Waals surface area contributed by atoms with Gasteiger partial charge in [-0.25, -0.2) is 8.96 Å². The molecule has 15 nitrogen and oxygen atoms in total. The summed E-state index contributed by atoms with van der Waals surface area (Å²) < 4.78 is 72.5. The number of benzene rings is 1. The van der Waals surface area contributed by atoms with Gasteiger partial charge in [0, 0.05) is 27.7 Å². The van der Waals surface area contributed by atoms with Crippen LogP contribution in [0.3, 0.4) is 0 Å². The van der Waals surface area contributed by atoms with Crippen molar-refractivity contribution in [1.82, 2.24) is 5.09 Å². The molecule has 1 aliphatic rings. The number of carbonyl (C=O) groups is 5. The molecule has 0 amide bonds. The fraction of sp³-hybridized carbons (Fsp3) is 0.593. The van der Waals surface area contributed by atoms with E-state index in [1.165, 1.54) is 19.1 Å². The lowest BCUT2D eigenvalue weighted by Gasteiger charge is -2.45. The smallest absolute Gasteiger partial charge is 0.461 e. The van der Waals surface area contributed by atoms with Crippen molar-refractivity contribution in [3.05, 3.63) is 30.3 Å². The highest BCUT2D eigenvalue weighted by atomic mass is 31.2. The predicted octanol–water partition coefficient (Wildman–Crippen LogP) is 2.54. The Morgan fingerprint density at radius 3 is 1.93 bits per heavy atom. The van der Waals surface area contributed by atoms with Gasteiger partial charge < -0.3 is 32.9 Å². The van der Waals surface area contributed by atoms with Crippen LogP contribution in [0.1, 0.15) is 48.5 Å². The summed E-state index contributed by atoms with van der Waals surface area (Å²) in [5, 5.41) is 2.41. The van der Waals surface area contributed by atoms with Gasteiger partial charge in [0.25, 0.3) is 0 Å². The number of carbonyl (C=O) groups excluding carboxylic acids is 5. The maximum Gasteiger partial charge on any atom is 0.461 e. The van der Waals surface area contributed by atoms with Gasteiger partial charge in [0.15, 0.2) is 24.5 Å². The minimum atomic E-state index is -4.76. The average Bonchev–Trinajstić information content (AvgIpc) is 2.89. The van der Waals surface area contributed by atoms with Crippen LogP contribution in [0.2, 0.25) is 0 Å². The van der Waals surface area contributed by atoms with Crippen LogP contribution < -0.4 is 9.61 Å². The molecule has 1 heterocycles. The Kier molecular flexibility index (Phi) is 13.7. The number of hydrogen-bond acceptors (Lipinski definition) is 14. The van der Waals surface area contributed by atoms with E-state index in [9.17, 15) is 28.5 Å². The molecule has 8 atom stereocenters. The van der Waals surface area contributed by atoms with Crippen molar-refractivity contribution in [2.75, 3.05) is 6.61 Å². The molecule has 0 unspecified atom stereocenters. The minimum absolute atomic E-state index is 0.00305. The molecule has 1 aromatic carbocycles. The van der Waals surface area contributed by atoms with Crippen LogP contribution in [0.4, 0.5) is 4.39 Å². The fourth-order valence-electron chi connectivity index (χ4n) is 3.93. The first kappa shape index (κ1) is 36.6. The highest BCUT2D eigenvalue weighted by Gasteiger charge is 2.57. The van der Waals surface area contributed by atoms with Crippen LogP contribution in [0.15, 0.2) is 30.3 Å². The van der Waals surface area contributed by atoms with E-state index in [0.717, 1.165) is 27.7 Å². The minimum Gasteiger partial charge on any atom is -0.463 e. The van der Waals surface area contributed by atoms with Crippen LogP contribution in [0, 0.1) is 0 Å². The van der Waals surface area contributed by atoms with Crippen molar-refractivity contribution in [2.45, 2.75) is 97.5 Å². The summed E-state index contributed by atoms with van der Waals surface area (Å²) in [5.74, 6) is -4.58. The van der Waals surface area contributed by atoms with E-state index in [1.54, 1.807) is 32.0 Å². The predicted molar refractivity (Wildman–Crippen MR) is 146 cm³/mol. The van der Waals surface area contributed by atoms with Gasteiger partial charge >= 0.3 is 37.6 Å². The Labute approximate surface area is 253 Å². The molecule has 1 N–H and O–H groups in total. The van der Waals surface area contributed by atoms with Crippen LogP contribution in [-0.4, -0.2) is 85.5 Å². The standard InChI is InChI=1S/C27H37FNO14P/c1-14(2)37-26(34)15(3)29-44(35,42-20-11-9-8-10-12-20)43-27-25(40-19(7)33)24(39-18(6)32)23(38-17(5)31)22(41-27)21(28)13-36-16(4)30/h8-12,14-15,21-25,27H,13H2,1-7H3,(H,29,35)/t15-,21-,22+,23+,24-,25-,27-,44+/m0/s1. The number of ether oxygens (including phenoxy) is 6. The van der Waals surface area contributed by atoms with Gasteiger partial charge in [-0.3, -0.25) is 28.5 Å². The molecular weight excluding hydrogens is 612 g/mol. The molecule has 1 aliphatic heterocycles. The molecular formula is C27H37FNO14P.